The van der Waals surface area contributed by atoms with Crippen LogP contribution in [0.1, 0.15) is 63.6 Å². The number of ether oxygens (including phenoxy) is 1. The molecule has 5 amide bonds. The van der Waals surface area contributed by atoms with Crippen molar-refractivity contribution in [3.05, 3.63) is 95.3 Å². The molecule has 0 aliphatic carbocycles. The third kappa shape index (κ3) is 12.1. The molecule has 0 radical (unpaired) electrons. The highest BCUT2D eigenvalue weighted by Gasteiger charge is 2.41. The Kier molecular flexibility index (Phi) is 15.6. The van der Waals surface area contributed by atoms with Crippen LogP contribution >= 0.6 is 0 Å². The first-order valence-electron chi connectivity index (χ1n) is 18.9. The number of aliphatic hydroxyl groups excluding tert-OH is 2. The lowest BCUT2D eigenvalue weighted by Crippen LogP contribution is -2.60. The second-order valence-corrected chi connectivity index (χ2v) is 15.3. The smallest absolute Gasteiger partial charge is 0.405 e. The van der Waals surface area contributed by atoms with Gasteiger partial charge in [0.25, 0.3) is 5.91 Å². The van der Waals surface area contributed by atoms with Crippen LogP contribution in [-0.2, 0) is 35.7 Å². The fourth-order valence-corrected chi connectivity index (χ4v) is 6.73. The Hall–Kier alpha value is -5.25. The van der Waals surface area contributed by atoms with E-state index in [0.29, 0.717) is 36.6 Å². The van der Waals surface area contributed by atoms with Gasteiger partial charge in [0.1, 0.15) is 17.8 Å². The van der Waals surface area contributed by atoms with E-state index in [0.717, 1.165) is 11.1 Å². The first-order chi connectivity index (χ1) is 26.6. The summed E-state index contributed by atoms with van der Waals surface area (Å²) in [7, 11) is 1.55. The van der Waals surface area contributed by atoms with Crippen LogP contribution in [0.2, 0.25) is 0 Å². The minimum absolute atomic E-state index is 0.131. The maximum Gasteiger partial charge on any atom is 0.405 e. The van der Waals surface area contributed by atoms with E-state index in [4.69, 9.17) is 4.74 Å². The molecule has 15 nitrogen and oxygen atoms in total. The Morgan fingerprint density at radius 3 is 2.21 bits per heavy atom. The molecule has 1 aliphatic rings. The van der Waals surface area contributed by atoms with Gasteiger partial charge in [-0.25, -0.2) is 14.6 Å². The maximum atomic E-state index is 14.4. The number of hydrogen-bond acceptors (Lipinski definition) is 9. The van der Waals surface area contributed by atoms with Crippen molar-refractivity contribution in [1.82, 2.24) is 35.9 Å². The summed E-state index contributed by atoms with van der Waals surface area (Å²) in [5.74, 6) is -0.627. The molecule has 1 aliphatic heterocycles. The molecule has 6 N–H and O–H groups in total. The Morgan fingerprint density at radius 1 is 0.929 bits per heavy atom. The van der Waals surface area contributed by atoms with Crippen molar-refractivity contribution in [3.8, 4) is 5.75 Å². The van der Waals surface area contributed by atoms with Crippen molar-refractivity contribution in [2.24, 2.45) is 11.3 Å². The van der Waals surface area contributed by atoms with E-state index in [9.17, 15) is 34.5 Å². The summed E-state index contributed by atoms with van der Waals surface area (Å²) in [6.45, 7) is 9.77. The Morgan fingerprint density at radius 2 is 1.61 bits per heavy atom. The third-order valence-electron chi connectivity index (χ3n) is 9.99. The standard InChI is InChI=1S/C41H57N7O8/c1-7-27(2)35(48-21-20-46(40(48)55)24-30-14-11-15-31(26-49)42-30)37(51)43-33(22-28-12-9-8-10-13-28)34(50)25-47(23-29-16-18-32(56-6)19-17-29)45-38(52)36(41(3,4)5)44-39(53)54/h8-19,27,33-36,44,49-50H,7,20-26H2,1-6H3,(H,43,51)(H,45,52)(H,53,54)/t27-,33-,34-,35-,36+/m0/s1. The number of nitrogens with one attached hydrogen (secondary N) is 3. The summed E-state index contributed by atoms with van der Waals surface area (Å²) in [5, 5.41) is 38.0. The molecule has 56 heavy (non-hydrogen) atoms. The number of rotatable bonds is 19. The van der Waals surface area contributed by atoms with Gasteiger partial charge in [-0.15, -0.1) is 0 Å². The predicted molar refractivity (Wildman–Crippen MR) is 210 cm³/mol. The first kappa shape index (κ1) is 43.5. The van der Waals surface area contributed by atoms with E-state index in [1.54, 1.807) is 68.0 Å². The van der Waals surface area contributed by atoms with Crippen LogP contribution in [0, 0.1) is 11.3 Å². The van der Waals surface area contributed by atoms with Crippen LogP contribution in [0.5, 0.6) is 5.75 Å². The van der Waals surface area contributed by atoms with E-state index in [1.807, 2.05) is 56.3 Å². The van der Waals surface area contributed by atoms with Gasteiger partial charge in [0.05, 0.1) is 43.8 Å². The van der Waals surface area contributed by atoms with Gasteiger partial charge in [-0.2, -0.15) is 0 Å². The normalized spacial score (nSPS) is 15.8. The molecule has 15 heteroatoms. The van der Waals surface area contributed by atoms with E-state index in [1.165, 1.54) is 5.01 Å². The van der Waals surface area contributed by atoms with Gasteiger partial charge in [-0.1, -0.05) is 89.6 Å². The first-order valence-corrected chi connectivity index (χ1v) is 18.9. The quantitative estimate of drug-likeness (QED) is 0.0981. The molecule has 4 rings (SSSR count). The molecule has 1 saturated heterocycles. The zero-order valence-electron chi connectivity index (χ0n) is 33.1. The van der Waals surface area contributed by atoms with Gasteiger partial charge >= 0.3 is 12.1 Å². The van der Waals surface area contributed by atoms with E-state index in [2.05, 4.69) is 21.0 Å². The minimum atomic E-state index is -1.35. The highest BCUT2D eigenvalue weighted by Crippen LogP contribution is 2.24. The molecule has 0 bridgehead atoms. The number of carbonyl (C=O) groups is 4. The number of methoxy groups -OCH3 is 1. The number of carboxylic acid groups (broad SMARTS) is 1. The number of pyridine rings is 1. The number of nitrogens with zero attached hydrogens (tertiary/aromatic N) is 4. The average Bonchev–Trinajstić information content (AvgIpc) is 3.51. The molecule has 1 fully saturated rings. The number of carbonyl (C=O) groups excluding carboxylic acids is 3. The lowest BCUT2D eigenvalue weighted by atomic mass is 9.86. The van der Waals surface area contributed by atoms with Crippen LogP contribution in [0.15, 0.2) is 72.8 Å². The lowest BCUT2D eigenvalue weighted by Gasteiger charge is -2.36. The average molecular weight is 776 g/mol. The number of aromatic nitrogens is 1. The van der Waals surface area contributed by atoms with Crippen LogP contribution in [-0.4, -0.2) is 110 Å². The molecule has 304 valence electrons. The summed E-state index contributed by atoms with van der Waals surface area (Å²) in [6, 6.07) is 18.7. The predicted octanol–water partition coefficient (Wildman–Crippen LogP) is 3.54. The van der Waals surface area contributed by atoms with Crippen LogP contribution in [0.3, 0.4) is 0 Å². The fraction of sp³-hybridized carbons (Fsp3) is 0.488. The number of hydrogen-bond donors (Lipinski definition) is 6. The molecule has 1 aromatic heterocycles. The van der Waals surface area contributed by atoms with Crippen molar-refractivity contribution in [2.75, 3.05) is 26.7 Å². The van der Waals surface area contributed by atoms with Crippen LogP contribution < -0.4 is 20.8 Å². The summed E-state index contributed by atoms with van der Waals surface area (Å²) in [6.07, 6.45) is -1.75. The molecule has 0 saturated carbocycles. The van der Waals surface area contributed by atoms with Gasteiger partial charge in [-0.3, -0.25) is 20.0 Å². The second-order valence-electron chi connectivity index (χ2n) is 15.3. The minimum Gasteiger partial charge on any atom is -0.497 e. The van der Waals surface area contributed by atoms with Gasteiger partial charge in [-0.05, 0) is 53.1 Å². The number of aliphatic hydroxyl groups is 2. The highest BCUT2D eigenvalue weighted by molar-refractivity contribution is 5.88. The summed E-state index contributed by atoms with van der Waals surface area (Å²) in [4.78, 5) is 61.2. The van der Waals surface area contributed by atoms with Crippen molar-refractivity contribution in [3.63, 3.8) is 0 Å². The lowest BCUT2D eigenvalue weighted by molar-refractivity contribution is -0.132. The van der Waals surface area contributed by atoms with E-state index in [-0.39, 0.29) is 44.6 Å². The number of hydrazine groups is 1. The Labute approximate surface area is 329 Å². The monoisotopic (exact) mass is 775 g/mol. The van der Waals surface area contributed by atoms with Gasteiger partial charge < -0.3 is 40.5 Å². The Balaban J connectivity index is 1.60. The molecule has 0 spiro atoms. The molecule has 0 unspecified atom stereocenters. The molecular weight excluding hydrogens is 718 g/mol. The zero-order chi connectivity index (χ0) is 41.0. The topological polar surface area (TPSA) is 197 Å². The van der Waals surface area contributed by atoms with Gasteiger partial charge in [0.2, 0.25) is 5.91 Å². The van der Waals surface area contributed by atoms with Crippen molar-refractivity contribution in [2.45, 2.75) is 91.4 Å². The van der Waals surface area contributed by atoms with Gasteiger partial charge in [0, 0.05) is 26.2 Å². The van der Waals surface area contributed by atoms with E-state index >= 15 is 0 Å². The SMILES string of the molecule is CC[C@H](C)[C@@H](C(=O)N[C@@H](Cc1ccccc1)[C@@H](O)CN(Cc1ccc(OC)cc1)NC(=O)[C@@H](NC(=O)O)C(C)(C)C)N1CCN(Cc2cccc(CO)n2)C1=O. The molecule has 5 atom stereocenters. The third-order valence-corrected chi connectivity index (χ3v) is 9.99. The van der Waals surface area contributed by atoms with Crippen molar-refractivity contribution < 1.29 is 39.2 Å². The number of amides is 5. The van der Waals surface area contributed by atoms with Crippen LogP contribution in [0.4, 0.5) is 9.59 Å². The fourth-order valence-electron chi connectivity index (χ4n) is 6.73. The summed E-state index contributed by atoms with van der Waals surface area (Å²) in [5.41, 5.74) is 4.79. The van der Waals surface area contributed by atoms with Crippen molar-refractivity contribution >= 4 is 23.9 Å². The molecule has 3 aromatic rings. The molecular formula is C41H57N7O8. The Bertz CT molecular complexity index is 1750. The summed E-state index contributed by atoms with van der Waals surface area (Å²) < 4.78 is 5.30. The summed E-state index contributed by atoms with van der Waals surface area (Å²) >= 11 is 0. The van der Waals surface area contributed by atoms with Crippen molar-refractivity contribution in [1.29, 1.82) is 0 Å². The maximum absolute atomic E-state index is 14.4. The number of benzene rings is 2. The molecule has 2 heterocycles. The van der Waals surface area contributed by atoms with Crippen LogP contribution in [0.25, 0.3) is 0 Å². The van der Waals surface area contributed by atoms with E-state index < -0.39 is 47.6 Å². The largest absolute Gasteiger partial charge is 0.497 e. The number of urea groups is 1. The zero-order valence-corrected chi connectivity index (χ0v) is 33.1. The highest BCUT2D eigenvalue weighted by atomic mass is 16.5. The van der Waals surface area contributed by atoms with Gasteiger partial charge in [0.15, 0.2) is 0 Å². The second kappa shape index (κ2) is 20.1. The molecule has 2 aromatic carbocycles.